The van der Waals surface area contributed by atoms with Gasteiger partial charge in [-0.3, -0.25) is 9.59 Å². The van der Waals surface area contributed by atoms with Crippen molar-refractivity contribution in [2.45, 2.75) is 40.0 Å². The first-order valence-electron chi connectivity index (χ1n) is 6.73. The fourth-order valence-electron chi connectivity index (χ4n) is 1.88. The molecule has 0 aliphatic carbocycles. The Morgan fingerprint density at radius 1 is 1.16 bits per heavy atom. The Kier molecular flexibility index (Phi) is 6.06. The molecule has 2 amide bonds. The molecular formula is C15H22N2O2. The Bertz CT molecular complexity index is 455. The molecule has 2 N–H and O–H groups in total. The maximum absolute atomic E-state index is 11.8. The maximum Gasteiger partial charge on any atom is 0.243 e. The maximum atomic E-state index is 11.8. The molecule has 1 aromatic rings. The molecule has 0 heterocycles. The van der Waals surface area contributed by atoms with Gasteiger partial charge in [0.15, 0.2) is 0 Å². The van der Waals surface area contributed by atoms with E-state index in [0.29, 0.717) is 6.42 Å². The van der Waals surface area contributed by atoms with E-state index in [-0.39, 0.29) is 18.4 Å². The molecule has 1 aromatic carbocycles. The fourth-order valence-corrected chi connectivity index (χ4v) is 1.88. The van der Waals surface area contributed by atoms with Crippen molar-refractivity contribution >= 4 is 17.5 Å². The summed E-state index contributed by atoms with van der Waals surface area (Å²) in [6, 6.07) is 5.94. The smallest absolute Gasteiger partial charge is 0.243 e. The van der Waals surface area contributed by atoms with Gasteiger partial charge in [0, 0.05) is 12.1 Å². The molecule has 4 nitrogen and oxygen atoms in total. The standard InChI is InChI=1S/C15H22N2O2/c1-4-7-13(18)16-10-14(19)17-15-11(3)8-6-9-12(15)5-2/h6,8-9H,4-5,7,10H2,1-3H3,(H,16,18)(H,17,19). The van der Waals surface area contributed by atoms with E-state index >= 15 is 0 Å². The molecule has 104 valence electrons. The summed E-state index contributed by atoms with van der Waals surface area (Å²) in [5, 5.41) is 5.48. The highest BCUT2D eigenvalue weighted by Crippen LogP contribution is 2.20. The lowest BCUT2D eigenvalue weighted by Gasteiger charge is -2.13. The van der Waals surface area contributed by atoms with Crippen molar-refractivity contribution in [1.82, 2.24) is 5.32 Å². The number of hydrogen-bond acceptors (Lipinski definition) is 2. The molecule has 0 radical (unpaired) electrons. The van der Waals surface area contributed by atoms with Crippen LogP contribution in [0.4, 0.5) is 5.69 Å². The number of anilines is 1. The predicted molar refractivity (Wildman–Crippen MR) is 77.1 cm³/mol. The first-order valence-corrected chi connectivity index (χ1v) is 6.73. The molecule has 0 atom stereocenters. The third-order valence-electron chi connectivity index (χ3n) is 2.93. The van der Waals surface area contributed by atoms with Crippen molar-refractivity contribution in [2.75, 3.05) is 11.9 Å². The van der Waals surface area contributed by atoms with Crippen molar-refractivity contribution in [3.05, 3.63) is 29.3 Å². The summed E-state index contributed by atoms with van der Waals surface area (Å²) in [6.45, 7) is 5.97. The highest BCUT2D eigenvalue weighted by molar-refractivity contribution is 5.95. The molecule has 0 fully saturated rings. The minimum atomic E-state index is -0.187. The average molecular weight is 262 g/mol. The highest BCUT2D eigenvalue weighted by atomic mass is 16.2. The van der Waals surface area contributed by atoms with Crippen molar-refractivity contribution < 1.29 is 9.59 Å². The Morgan fingerprint density at radius 2 is 1.89 bits per heavy atom. The number of nitrogens with one attached hydrogen (secondary N) is 2. The van der Waals surface area contributed by atoms with Crippen LogP contribution in [0.1, 0.15) is 37.8 Å². The van der Waals surface area contributed by atoms with Crippen LogP contribution in [0.3, 0.4) is 0 Å². The Morgan fingerprint density at radius 3 is 2.53 bits per heavy atom. The van der Waals surface area contributed by atoms with Crippen LogP contribution in [0.5, 0.6) is 0 Å². The third-order valence-corrected chi connectivity index (χ3v) is 2.93. The van der Waals surface area contributed by atoms with Gasteiger partial charge in [-0.15, -0.1) is 0 Å². The minimum absolute atomic E-state index is 0.0241. The molecule has 0 aromatic heterocycles. The van der Waals surface area contributed by atoms with E-state index in [1.54, 1.807) is 0 Å². The Hall–Kier alpha value is -1.84. The zero-order chi connectivity index (χ0) is 14.3. The SMILES string of the molecule is CCCC(=O)NCC(=O)Nc1c(C)cccc1CC. The summed E-state index contributed by atoms with van der Waals surface area (Å²) < 4.78 is 0. The van der Waals surface area contributed by atoms with Crippen molar-refractivity contribution in [2.24, 2.45) is 0 Å². The summed E-state index contributed by atoms with van der Waals surface area (Å²) in [5.41, 5.74) is 3.00. The second kappa shape index (κ2) is 7.56. The molecule has 4 heteroatoms. The van der Waals surface area contributed by atoms with E-state index in [0.717, 1.165) is 29.7 Å². The van der Waals surface area contributed by atoms with Gasteiger partial charge in [0.25, 0.3) is 0 Å². The van der Waals surface area contributed by atoms with Crippen LogP contribution < -0.4 is 10.6 Å². The molecule has 0 aliphatic rings. The number of rotatable bonds is 6. The van der Waals surface area contributed by atoms with Crippen molar-refractivity contribution in [3.8, 4) is 0 Å². The highest BCUT2D eigenvalue weighted by Gasteiger charge is 2.09. The van der Waals surface area contributed by atoms with E-state index in [1.165, 1.54) is 0 Å². The van der Waals surface area contributed by atoms with Gasteiger partial charge in [-0.05, 0) is 30.9 Å². The second-order valence-corrected chi connectivity index (χ2v) is 4.54. The summed E-state index contributed by atoms with van der Waals surface area (Å²) in [7, 11) is 0. The predicted octanol–water partition coefficient (Wildman–Crippen LogP) is 2.41. The molecule has 19 heavy (non-hydrogen) atoms. The average Bonchev–Trinajstić information content (AvgIpc) is 2.39. The summed E-state index contributed by atoms with van der Waals surface area (Å²) in [6.07, 6.45) is 2.10. The lowest BCUT2D eigenvalue weighted by atomic mass is 10.1. The van der Waals surface area contributed by atoms with Crippen LogP contribution in [-0.2, 0) is 16.0 Å². The number of carbonyl (C=O) groups excluding carboxylic acids is 2. The fraction of sp³-hybridized carbons (Fsp3) is 0.467. The number of para-hydroxylation sites is 1. The van der Waals surface area contributed by atoms with Crippen LogP contribution in [-0.4, -0.2) is 18.4 Å². The summed E-state index contributed by atoms with van der Waals surface area (Å²) in [5.74, 6) is -0.272. The summed E-state index contributed by atoms with van der Waals surface area (Å²) >= 11 is 0. The molecule has 0 saturated heterocycles. The monoisotopic (exact) mass is 262 g/mol. The molecule has 0 spiro atoms. The van der Waals surface area contributed by atoms with Crippen LogP contribution in [0.25, 0.3) is 0 Å². The summed E-state index contributed by atoms with van der Waals surface area (Å²) in [4.78, 5) is 23.1. The van der Waals surface area contributed by atoms with Gasteiger partial charge in [0.05, 0.1) is 6.54 Å². The van der Waals surface area contributed by atoms with E-state index in [4.69, 9.17) is 0 Å². The lowest BCUT2D eigenvalue weighted by molar-refractivity contribution is -0.124. The first-order chi connectivity index (χ1) is 9.08. The van der Waals surface area contributed by atoms with Gasteiger partial charge >= 0.3 is 0 Å². The largest absolute Gasteiger partial charge is 0.347 e. The van der Waals surface area contributed by atoms with Crippen LogP contribution in [0.2, 0.25) is 0 Å². The number of amides is 2. The number of aryl methyl sites for hydroxylation is 2. The Labute approximate surface area is 114 Å². The number of hydrogen-bond donors (Lipinski definition) is 2. The van der Waals surface area contributed by atoms with E-state index in [9.17, 15) is 9.59 Å². The van der Waals surface area contributed by atoms with Gasteiger partial charge in [-0.1, -0.05) is 32.0 Å². The van der Waals surface area contributed by atoms with E-state index < -0.39 is 0 Å². The zero-order valence-electron chi connectivity index (χ0n) is 11.9. The second-order valence-electron chi connectivity index (χ2n) is 4.54. The first kappa shape index (κ1) is 15.2. The molecule has 0 saturated carbocycles. The van der Waals surface area contributed by atoms with Gasteiger partial charge in [-0.2, -0.15) is 0 Å². The van der Waals surface area contributed by atoms with Crippen LogP contribution in [0, 0.1) is 6.92 Å². The number of carbonyl (C=O) groups is 2. The van der Waals surface area contributed by atoms with E-state index in [2.05, 4.69) is 10.6 Å². The third kappa shape index (κ3) is 4.73. The normalized spacial score (nSPS) is 10.1. The number of benzene rings is 1. The quantitative estimate of drug-likeness (QED) is 0.827. The van der Waals surface area contributed by atoms with Gasteiger partial charge in [-0.25, -0.2) is 0 Å². The van der Waals surface area contributed by atoms with Crippen molar-refractivity contribution in [3.63, 3.8) is 0 Å². The molecule has 0 unspecified atom stereocenters. The van der Waals surface area contributed by atoms with Crippen molar-refractivity contribution in [1.29, 1.82) is 0 Å². The van der Waals surface area contributed by atoms with Gasteiger partial charge < -0.3 is 10.6 Å². The lowest BCUT2D eigenvalue weighted by Crippen LogP contribution is -2.32. The molecule has 1 rings (SSSR count). The van der Waals surface area contributed by atoms with Gasteiger partial charge in [0.1, 0.15) is 0 Å². The topological polar surface area (TPSA) is 58.2 Å². The molecule has 0 bridgehead atoms. The molecule has 0 aliphatic heterocycles. The van der Waals surface area contributed by atoms with Gasteiger partial charge in [0.2, 0.25) is 11.8 Å². The van der Waals surface area contributed by atoms with Crippen LogP contribution in [0.15, 0.2) is 18.2 Å². The zero-order valence-corrected chi connectivity index (χ0v) is 11.9. The van der Waals surface area contributed by atoms with E-state index in [1.807, 2.05) is 39.0 Å². The van der Waals surface area contributed by atoms with Crippen LogP contribution >= 0.6 is 0 Å². The Balaban J connectivity index is 2.60. The molecular weight excluding hydrogens is 240 g/mol. The minimum Gasteiger partial charge on any atom is -0.347 e.